The van der Waals surface area contributed by atoms with E-state index >= 15 is 0 Å². The van der Waals surface area contributed by atoms with E-state index in [1.807, 2.05) is 6.92 Å². The number of halogens is 2. The Bertz CT molecular complexity index is 510. The van der Waals surface area contributed by atoms with Gasteiger partial charge in [-0.25, -0.2) is 0 Å². The molecule has 0 aliphatic rings. The topological polar surface area (TPSA) is 75.6 Å². The van der Waals surface area contributed by atoms with E-state index < -0.39 is 11.9 Å². The molecule has 0 aliphatic heterocycles. The van der Waals surface area contributed by atoms with Crippen LogP contribution in [0.5, 0.6) is 5.75 Å². The predicted molar refractivity (Wildman–Crippen MR) is 83.7 cm³/mol. The second kappa shape index (κ2) is 8.89. The molecule has 1 amide bonds. The number of carbonyl (C=O) groups is 2. The highest BCUT2D eigenvalue weighted by atomic mass is 79.9. The van der Waals surface area contributed by atoms with Crippen molar-refractivity contribution in [3.63, 3.8) is 0 Å². The Morgan fingerprint density at radius 3 is 2.76 bits per heavy atom. The zero-order valence-corrected chi connectivity index (χ0v) is 13.9. The van der Waals surface area contributed by atoms with Gasteiger partial charge in [0, 0.05) is 11.0 Å². The smallest absolute Gasteiger partial charge is 0.308 e. The van der Waals surface area contributed by atoms with Crippen LogP contribution >= 0.6 is 27.5 Å². The lowest BCUT2D eigenvalue weighted by molar-refractivity contribution is -0.142. The van der Waals surface area contributed by atoms with E-state index in [9.17, 15) is 9.59 Å². The monoisotopic (exact) mass is 377 g/mol. The van der Waals surface area contributed by atoms with Gasteiger partial charge in [0.1, 0.15) is 5.75 Å². The molecule has 116 valence electrons. The highest BCUT2D eigenvalue weighted by Gasteiger charge is 2.17. The van der Waals surface area contributed by atoms with Crippen molar-refractivity contribution in [2.24, 2.45) is 5.92 Å². The third-order valence-corrected chi connectivity index (χ3v) is 3.57. The summed E-state index contributed by atoms with van der Waals surface area (Å²) in [5, 5.41) is 11.9. The summed E-state index contributed by atoms with van der Waals surface area (Å²) in [6.07, 6.45) is 1.27. The van der Waals surface area contributed by atoms with Gasteiger partial charge < -0.3 is 15.2 Å². The zero-order valence-electron chi connectivity index (χ0n) is 11.6. The minimum absolute atomic E-state index is 0.0967. The first-order chi connectivity index (χ1) is 9.93. The molecule has 1 atom stereocenters. The van der Waals surface area contributed by atoms with E-state index in [-0.39, 0.29) is 19.1 Å². The highest BCUT2D eigenvalue weighted by molar-refractivity contribution is 9.10. The summed E-state index contributed by atoms with van der Waals surface area (Å²) in [6.45, 7) is 1.79. The number of carboxylic acid groups (broad SMARTS) is 1. The molecule has 5 nitrogen and oxygen atoms in total. The van der Waals surface area contributed by atoms with Gasteiger partial charge in [0.25, 0.3) is 5.91 Å². The van der Waals surface area contributed by atoms with Gasteiger partial charge in [0.2, 0.25) is 0 Å². The predicted octanol–water partition coefficient (Wildman–Crippen LogP) is 3.10. The van der Waals surface area contributed by atoms with Gasteiger partial charge in [0.15, 0.2) is 6.61 Å². The number of nitrogens with one attached hydrogen (secondary N) is 1. The molecule has 0 saturated carbocycles. The van der Waals surface area contributed by atoms with Crippen molar-refractivity contribution in [1.29, 1.82) is 0 Å². The Balaban J connectivity index is 2.41. The van der Waals surface area contributed by atoms with Gasteiger partial charge in [-0.3, -0.25) is 9.59 Å². The first kappa shape index (κ1) is 17.8. The molecule has 0 aliphatic carbocycles. The molecule has 1 aromatic carbocycles. The molecule has 1 unspecified atom stereocenters. The normalized spacial score (nSPS) is 11.8. The van der Waals surface area contributed by atoms with E-state index in [0.717, 1.165) is 10.9 Å². The number of rotatable bonds is 8. The number of hydrogen-bond donors (Lipinski definition) is 2. The average Bonchev–Trinajstić information content (AvgIpc) is 2.42. The van der Waals surface area contributed by atoms with E-state index in [0.29, 0.717) is 17.2 Å². The minimum Gasteiger partial charge on any atom is -0.482 e. The summed E-state index contributed by atoms with van der Waals surface area (Å²) in [6, 6.07) is 5.06. The summed E-state index contributed by atoms with van der Waals surface area (Å²) < 4.78 is 6.11. The molecule has 1 aromatic rings. The first-order valence-electron chi connectivity index (χ1n) is 6.51. The summed E-state index contributed by atoms with van der Waals surface area (Å²) in [7, 11) is 0. The van der Waals surface area contributed by atoms with Crippen molar-refractivity contribution in [3.05, 3.63) is 27.7 Å². The molecule has 7 heteroatoms. The molecule has 0 aromatic heterocycles. The van der Waals surface area contributed by atoms with Crippen LogP contribution in [0.15, 0.2) is 22.7 Å². The van der Waals surface area contributed by atoms with Crippen molar-refractivity contribution in [3.8, 4) is 5.75 Å². The third kappa shape index (κ3) is 6.35. The fourth-order valence-corrected chi connectivity index (χ4v) is 2.41. The summed E-state index contributed by atoms with van der Waals surface area (Å²) in [4.78, 5) is 22.6. The van der Waals surface area contributed by atoms with Crippen LogP contribution in [0.25, 0.3) is 0 Å². The van der Waals surface area contributed by atoms with Gasteiger partial charge in [-0.1, -0.05) is 40.9 Å². The van der Waals surface area contributed by atoms with Crippen molar-refractivity contribution in [2.45, 2.75) is 19.8 Å². The molecular weight excluding hydrogens is 362 g/mol. The van der Waals surface area contributed by atoms with E-state index in [1.54, 1.807) is 18.2 Å². The SMILES string of the molecule is CCCC(CNC(=O)COc1ccc(Br)cc1Cl)C(=O)O. The van der Waals surface area contributed by atoms with Gasteiger partial charge in [-0.05, 0) is 24.6 Å². The van der Waals surface area contributed by atoms with Gasteiger partial charge in [-0.2, -0.15) is 0 Å². The van der Waals surface area contributed by atoms with Crippen molar-refractivity contribution >= 4 is 39.4 Å². The zero-order chi connectivity index (χ0) is 15.8. The molecule has 0 fully saturated rings. The molecule has 2 N–H and O–H groups in total. The maximum absolute atomic E-state index is 11.6. The van der Waals surface area contributed by atoms with Crippen molar-refractivity contribution in [2.75, 3.05) is 13.2 Å². The van der Waals surface area contributed by atoms with E-state index in [1.165, 1.54) is 0 Å². The number of ether oxygens (including phenoxy) is 1. The van der Waals surface area contributed by atoms with Crippen LogP contribution in [0.1, 0.15) is 19.8 Å². The van der Waals surface area contributed by atoms with Crippen LogP contribution < -0.4 is 10.1 Å². The minimum atomic E-state index is -0.908. The quantitative estimate of drug-likeness (QED) is 0.729. The average molecular weight is 379 g/mol. The van der Waals surface area contributed by atoms with Crippen LogP contribution in [0.3, 0.4) is 0 Å². The Labute approximate surface area is 136 Å². The lowest BCUT2D eigenvalue weighted by Gasteiger charge is -2.13. The number of hydrogen-bond acceptors (Lipinski definition) is 3. The molecule has 0 spiro atoms. The lowest BCUT2D eigenvalue weighted by Crippen LogP contribution is -2.35. The second-order valence-electron chi connectivity index (χ2n) is 4.49. The van der Waals surface area contributed by atoms with Crippen LogP contribution in [0.2, 0.25) is 5.02 Å². The van der Waals surface area contributed by atoms with Crippen molar-refractivity contribution in [1.82, 2.24) is 5.32 Å². The summed E-state index contributed by atoms with van der Waals surface area (Å²) in [5.74, 6) is -1.46. The number of aliphatic carboxylic acids is 1. The standard InChI is InChI=1S/C14H17BrClNO4/c1-2-3-9(14(19)20)7-17-13(18)8-21-12-5-4-10(15)6-11(12)16/h4-6,9H,2-3,7-8H2,1H3,(H,17,18)(H,19,20). The fraction of sp³-hybridized carbons (Fsp3) is 0.429. The molecule has 0 bridgehead atoms. The number of amides is 1. The van der Waals surface area contributed by atoms with Crippen LogP contribution in [-0.2, 0) is 9.59 Å². The maximum atomic E-state index is 11.6. The second-order valence-corrected chi connectivity index (χ2v) is 5.81. The Kier molecular flexibility index (Phi) is 7.53. The molecule has 1 rings (SSSR count). The highest BCUT2D eigenvalue weighted by Crippen LogP contribution is 2.27. The largest absolute Gasteiger partial charge is 0.482 e. The molecule has 21 heavy (non-hydrogen) atoms. The lowest BCUT2D eigenvalue weighted by atomic mass is 10.0. The number of benzene rings is 1. The molecular formula is C14H17BrClNO4. The summed E-state index contributed by atoms with van der Waals surface area (Å²) >= 11 is 9.23. The van der Waals surface area contributed by atoms with Crippen LogP contribution in [0.4, 0.5) is 0 Å². The molecule has 0 heterocycles. The fourth-order valence-electron chi connectivity index (χ4n) is 1.68. The third-order valence-electron chi connectivity index (χ3n) is 2.78. The Morgan fingerprint density at radius 2 is 2.19 bits per heavy atom. The van der Waals surface area contributed by atoms with Gasteiger partial charge >= 0.3 is 5.97 Å². The summed E-state index contributed by atoms with van der Waals surface area (Å²) in [5.41, 5.74) is 0. The number of carbonyl (C=O) groups excluding carboxylic acids is 1. The van der Waals surface area contributed by atoms with E-state index in [4.69, 9.17) is 21.4 Å². The van der Waals surface area contributed by atoms with Crippen molar-refractivity contribution < 1.29 is 19.4 Å². The number of carboxylic acids is 1. The Morgan fingerprint density at radius 1 is 1.48 bits per heavy atom. The molecule has 0 radical (unpaired) electrons. The van der Waals surface area contributed by atoms with Gasteiger partial charge in [-0.15, -0.1) is 0 Å². The maximum Gasteiger partial charge on any atom is 0.308 e. The first-order valence-corrected chi connectivity index (χ1v) is 7.68. The van der Waals surface area contributed by atoms with Crippen LogP contribution in [-0.4, -0.2) is 30.1 Å². The van der Waals surface area contributed by atoms with Gasteiger partial charge in [0.05, 0.1) is 10.9 Å². The van der Waals surface area contributed by atoms with E-state index in [2.05, 4.69) is 21.2 Å². The van der Waals surface area contributed by atoms with Crippen LogP contribution in [0, 0.1) is 5.92 Å². The Hall–Kier alpha value is -1.27. The molecule has 0 saturated heterocycles.